The van der Waals surface area contributed by atoms with Crippen LogP contribution in [-0.2, 0) is 4.79 Å². The third kappa shape index (κ3) is 3.86. The maximum Gasteiger partial charge on any atom is 0.394 e. The van der Waals surface area contributed by atoms with Crippen molar-refractivity contribution in [2.45, 2.75) is 13.1 Å². The Kier molecular flexibility index (Phi) is 5.38. The molecule has 0 unspecified atom stereocenters. The van der Waals surface area contributed by atoms with Gasteiger partial charge in [-0.25, -0.2) is 0 Å². The van der Waals surface area contributed by atoms with Gasteiger partial charge in [-0.15, -0.1) is 0 Å². The summed E-state index contributed by atoms with van der Waals surface area (Å²) < 4.78 is 44.1. The first-order valence-corrected chi connectivity index (χ1v) is 7.56. The zero-order valence-electron chi connectivity index (χ0n) is 13.5. The van der Waals surface area contributed by atoms with E-state index in [4.69, 9.17) is 9.84 Å². The van der Waals surface area contributed by atoms with Crippen LogP contribution in [0.5, 0.6) is 5.75 Å². The van der Waals surface area contributed by atoms with Gasteiger partial charge in [0.2, 0.25) is 0 Å². The lowest BCUT2D eigenvalue weighted by molar-refractivity contribution is -0.385. The van der Waals surface area contributed by atoms with Crippen molar-refractivity contribution in [3.8, 4) is 5.75 Å². The molecule has 2 rings (SSSR count). The summed E-state index contributed by atoms with van der Waals surface area (Å²) in [5.74, 6) is -6.61. The van der Waals surface area contributed by atoms with Gasteiger partial charge in [0.15, 0.2) is 5.75 Å². The number of likely N-dealkylation sites (tertiary alicyclic amines) is 1. The second-order valence-corrected chi connectivity index (χ2v) is 5.68. The van der Waals surface area contributed by atoms with Crippen molar-refractivity contribution in [1.29, 1.82) is 0 Å². The Hall–Kier alpha value is -2.85. The minimum absolute atomic E-state index is 0.0768. The molecule has 1 aliphatic rings. The number of halogens is 3. The van der Waals surface area contributed by atoms with E-state index in [2.05, 4.69) is 0 Å². The molecule has 8 nitrogen and oxygen atoms in total. The smallest absolute Gasteiger partial charge is 0.394 e. The molecule has 1 amide bonds. The van der Waals surface area contributed by atoms with Crippen LogP contribution in [0.25, 0.3) is 0 Å². The Labute approximate surface area is 145 Å². The highest BCUT2D eigenvalue weighted by atomic mass is 19.4. The van der Waals surface area contributed by atoms with Gasteiger partial charge in [-0.2, -0.15) is 13.2 Å². The Morgan fingerprint density at radius 2 is 2.04 bits per heavy atom. The van der Waals surface area contributed by atoms with E-state index in [0.29, 0.717) is 0 Å². The first-order chi connectivity index (χ1) is 12.1. The number of nitrogens with zero attached hydrogens (tertiary/aromatic N) is 2. The highest BCUT2D eigenvalue weighted by Gasteiger charge is 2.53. The third-order valence-electron chi connectivity index (χ3n) is 4.05. The van der Waals surface area contributed by atoms with Crippen LogP contribution in [0.2, 0.25) is 0 Å². The van der Waals surface area contributed by atoms with Crippen LogP contribution in [0.1, 0.15) is 17.3 Å². The summed E-state index contributed by atoms with van der Waals surface area (Å²) in [6.07, 6.45) is -4.77. The van der Waals surface area contributed by atoms with Crippen molar-refractivity contribution < 1.29 is 37.5 Å². The zero-order valence-corrected chi connectivity index (χ0v) is 13.5. The molecule has 2 atom stereocenters. The van der Waals surface area contributed by atoms with Crippen LogP contribution < -0.4 is 4.74 Å². The second kappa shape index (κ2) is 7.18. The third-order valence-corrected chi connectivity index (χ3v) is 4.05. The van der Waals surface area contributed by atoms with E-state index in [9.17, 15) is 32.9 Å². The standard InChI is InChI=1S/C15H15F3N2O6/c1-2-26-12-4-3-8(5-11(12)20(24)25)13(21)19-6-9(14(22)23)10(7-19)15(16,17)18/h3-5,9-10H,2,6-7H2,1H3,(H,22,23)/t9-,10-/m1/s1. The number of carbonyl (C=O) groups excluding carboxylic acids is 1. The highest BCUT2D eigenvalue weighted by Crippen LogP contribution is 2.38. The number of carboxylic acid groups (broad SMARTS) is 1. The number of benzene rings is 1. The van der Waals surface area contributed by atoms with Crippen molar-refractivity contribution in [3.63, 3.8) is 0 Å². The Morgan fingerprint density at radius 3 is 2.50 bits per heavy atom. The minimum Gasteiger partial charge on any atom is -0.487 e. The number of hydrogen-bond donors (Lipinski definition) is 1. The molecule has 0 aromatic heterocycles. The fraction of sp³-hybridized carbons (Fsp3) is 0.467. The first-order valence-electron chi connectivity index (χ1n) is 7.56. The number of ether oxygens (including phenoxy) is 1. The van der Waals surface area contributed by atoms with E-state index >= 15 is 0 Å². The molecule has 26 heavy (non-hydrogen) atoms. The molecule has 1 aromatic carbocycles. The molecule has 1 aromatic rings. The monoisotopic (exact) mass is 376 g/mol. The zero-order chi connectivity index (χ0) is 19.6. The summed E-state index contributed by atoms with van der Waals surface area (Å²) in [5.41, 5.74) is -0.717. The lowest BCUT2D eigenvalue weighted by atomic mass is 9.96. The molecular formula is C15H15F3N2O6. The van der Waals surface area contributed by atoms with Crippen molar-refractivity contribution >= 4 is 17.6 Å². The minimum atomic E-state index is -4.77. The predicted molar refractivity (Wildman–Crippen MR) is 80.8 cm³/mol. The summed E-state index contributed by atoms with van der Waals surface area (Å²) in [6, 6.07) is 3.28. The molecular weight excluding hydrogens is 361 g/mol. The van der Waals surface area contributed by atoms with E-state index < -0.39 is 53.6 Å². The molecule has 142 valence electrons. The average molecular weight is 376 g/mol. The number of rotatable bonds is 5. The quantitative estimate of drug-likeness (QED) is 0.624. The van der Waals surface area contributed by atoms with E-state index in [0.717, 1.165) is 11.0 Å². The van der Waals surface area contributed by atoms with Gasteiger partial charge in [0.05, 0.1) is 23.4 Å². The molecule has 0 radical (unpaired) electrons. The predicted octanol–water partition coefficient (Wildman–Crippen LogP) is 2.33. The van der Waals surface area contributed by atoms with Crippen molar-refractivity contribution in [2.24, 2.45) is 11.8 Å². The van der Waals surface area contributed by atoms with Gasteiger partial charge in [0, 0.05) is 24.7 Å². The van der Waals surface area contributed by atoms with Gasteiger partial charge in [-0.1, -0.05) is 0 Å². The number of nitro groups is 1. The fourth-order valence-corrected chi connectivity index (χ4v) is 2.80. The molecule has 1 heterocycles. The van der Waals surface area contributed by atoms with Crippen LogP contribution >= 0.6 is 0 Å². The van der Waals surface area contributed by atoms with Gasteiger partial charge < -0.3 is 14.7 Å². The van der Waals surface area contributed by atoms with Crippen molar-refractivity contribution in [2.75, 3.05) is 19.7 Å². The van der Waals surface area contributed by atoms with Crippen LogP contribution in [0, 0.1) is 22.0 Å². The normalized spacial score (nSPS) is 20.1. The van der Waals surface area contributed by atoms with Gasteiger partial charge in [-0.3, -0.25) is 19.7 Å². The maximum atomic E-state index is 13.0. The van der Waals surface area contributed by atoms with Gasteiger partial charge >= 0.3 is 17.8 Å². The number of amides is 1. The Bertz CT molecular complexity index is 737. The van der Waals surface area contributed by atoms with Crippen LogP contribution in [0.4, 0.5) is 18.9 Å². The van der Waals surface area contributed by atoms with E-state index in [1.54, 1.807) is 6.92 Å². The van der Waals surface area contributed by atoms with Crippen LogP contribution in [-0.4, -0.2) is 52.7 Å². The summed E-state index contributed by atoms with van der Waals surface area (Å²) in [7, 11) is 0. The number of aliphatic carboxylic acids is 1. The maximum absolute atomic E-state index is 13.0. The molecule has 0 spiro atoms. The summed E-state index contributed by atoms with van der Waals surface area (Å²) >= 11 is 0. The summed E-state index contributed by atoms with van der Waals surface area (Å²) in [6.45, 7) is 0.309. The van der Waals surface area contributed by atoms with E-state index in [1.807, 2.05) is 0 Å². The molecule has 1 N–H and O–H groups in total. The molecule has 0 bridgehead atoms. The summed E-state index contributed by atoms with van der Waals surface area (Å²) in [4.78, 5) is 34.6. The lowest BCUT2D eigenvalue weighted by Gasteiger charge is -2.18. The number of alkyl halides is 3. The van der Waals surface area contributed by atoms with Gasteiger partial charge in [0.25, 0.3) is 5.91 Å². The first kappa shape index (κ1) is 19.5. The van der Waals surface area contributed by atoms with Crippen molar-refractivity contribution in [1.82, 2.24) is 4.90 Å². The number of carbonyl (C=O) groups is 2. The molecule has 1 aliphatic heterocycles. The molecule has 0 saturated carbocycles. The Balaban J connectivity index is 2.30. The van der Waals surface area contributed by atoms with E-state index in [1.165, 1.54) is 12.1 Å². The Morgan fingerprint density at radius 1 is 1.38 bits per heavy atom. The van der Waals surface area contributed by atoms with Crippen LogP contribution in [0.15, 0.2) is 18.2 Å². The molecule has 0 aliphatic carbocycles. The lowest BCUT2D eigenvalue weighted by Crippen LogP contribution is -2.34. The fourth-order valence-electron chi connectivity index (χ4n) is 2.80. The highest BCUT2D eigenvalue weighted by molar-refractivity contribution is 5.95. The molecule has 1 fully saturated rings. The van der Waals surface area contributed by atoms with E-state index in [-0.39, 0.29) is 17.9 Å². The topological polar surface area (TPSA) is 110 Å². The largest absolute Gasteiger partial charge is 0.487 e. The van der Waals surface area contributed by atoms with Gasteiger partial charge in [0.1, 0.15) is 0 Å². The number of nitro benzene ring substituents is 1. The SMILES string of the molecule is CCOc1ccc(C(=O)N2C[C@@H](C(F)(F)F)[C@H](C(=O)O)C2)cc1[N+](=O)[O-]. The number of carboxylic acids is 1. The number of hydrogen-bond acceptors (Lipinski definition) is 5. The second-order valence-electron chi connectivity index (χ2n) is 5.68. The van der Waals surface area contributed by atoms with Crippen molar-refractivity contribution in [3.05, 3.63) is 33.9 Å². The summed E-state index contributed by atoms with van der Waals surface area (Å²) in [5, 5.41) is 20.1. The molecule has 1 saturated heterocycles. The molecule has 11 heteroatoms. The average Bonchev–Trinajstić information content (AvgIpc) is 3.00. The van der Waals surface area contributed by atoms with Crippen LogP contribution in [0.3, 0.4) is 0 Å². The van der Waals surface area contributed by atoms with Gasteiger partial charge in [-0.05, 0) is 19.1 Å².